The van der Waals surface area contributed by atoms with E-state index in [0.717, 1.165) is 17.7 Å². The van der Waals surface area contributed by atoms with Crippen LogP contribution in [-0.2, 0) is 35.3 Å². The number of amides is 1. The van der Waals surface area contributed by atoms with Gasteiger partial charge in [-0.25, -0.2) is 4.98 Å². The second-order valence-electron chi connectivity index (χ2n) is 9.99. The topological polar surface area (TPSA) is 94.3 Å². The Morgan fingerprint density at radius 2 is 1.90 bits per heavy atom. The maximum Gasteiger partial charge on any atom is 0.416 e. The van der Waals surface area contributed by atoms with Crippen LogP contribution in [0.2, 0.25) is 0 Å². The first kappa shape index (κ1) is 30.9. The molecule has 2 heterocycles. The van der Waals surface area contributed by atoms with E-state index < -0.39 is 17.7 Å². The maximum absolute atomic E-state index is 13.4. The number of halogens is 3. The van der Waals surface area contributed by atoms with Crippen molar-refractivity contribution in [1.29, 1.82) is 0 Å². The Hall–Kier alpha value is -4.06. The van der Waals surface area contributed by atoms with E-state index in [-0.39, 0.29) is 56.2 Å². The van der Waals surface area contributed by atoms with Gasteiger partial charge in [-0.2, -0.15) is 13.2 Å². The van der Waals surface area contributed by atoms with Crippen LogP contribution in [0.4, 0.5) is 13.2 Å². The molecule has 42 heavy (non-hydrogen) atoms. The van der Waals surface area contributed by atoms with Gasteiger partial charge in [0.1, 0.15) is 17.8 Å². The average Bonchev–Trinajstić information content (AvgIpc) is 3.45. The van der Waals surface area contributed by atoms with E-state index in [1.165, 1.54) is 26.5 Å². The molecular weight excluding hydrogens is 555 g/mol. The van der Waals surface area contributed by atoms with Crippen LogP contribution in [0, 0.1) is 5.92 Å². The number of piperidine rings is 1. The molecule has 0 bridgehead atoms. The Bertz CT molecular complexity index is 1380. The third-order valence-electron chi connectivity index (χ3n) is 7.01. The minimum absolute atomic E-state index is 0.0931. The lowest BCUT2D eigenvalue weighted by molar-refractivity contribution is -0.149. The third kappa shape index (κ3) is 7.81. The summed E-state index contributed by atoms with van der Waals surface area (Å²) >= 11 is 0. The van der Waals surface area contributed by atoms with Crippen LogP contribution in [0.5, 0.6) is 11.5 Å². The first-order valence-corrected chi connectivity index (χ1v) is 13.6. The summed E-state index contributed by atoms with van der Waals surface area (Å²) in [6.45, 7) is 3.25. The van der Waals surface area contributed by atoms with Crippen LogP contribution in [0.1, 0.15) is 52.8 Å². The molecule has 0 N–H and O–H groups in total. The van der Waals surface area contributed by atoms with E-state index >= 15 is 0 Å². The molecule has 0 aliphatic carbocycles. The molecule has 0 saturated carbocycles. The highest BCUT2D eigenvalue weighted by atomic mass is 19.4. The van der Waals surface area contributed by atoms with Crippen molar-refractivity contribution in [2.45, 2.75) is 45.6 Å². The fourth-order valence-corrected chi connectivity index (χ4v) is 4.94. The Morgan fingerprint density at radius 1 is 1.10 bits per heavy atom. The van der Waals surface area contributed by atoms with Gasteiger partial charge in [0.2, 0.25) is 5.89 Å². The van der Waals surface area contributed by atoms with Crippen molar-refractivity contribution >= 4 is 11.9 Å². The Kier molecular flexibility index (Phi) is 10.1. The van der Waals surface area contributed by atoms with Crippen LogP contribution >= 0.6 is 0 Å². The summed E-state index contributed by atoms with van der Waals surface area (Å²) in [6, 6.07) is 10.4. The van der Waals surface area contributed by atoms with Gasteiger partial charge in [-0.05, 0) is 37.5 Å². The summed E-state index contributed by atoms with van der Waals surface area (Å²) in [5, 5.41) is 0. The van der Waals surface area contributed by atoms with Crippen molar-refractivity contribution in [2.24, 2.45) is 5.92 Å². The summed E-state index contributed by atoms with van der Waals surface area (Å²) in [5.74, 6) is 0.287. The van der Waals surface area contributed by atoms with E-state index in [1.807, 2.05) is 11.0 Å². The smallest absolute Gasteiger partial charge is 0.416 e. The van der Waals surface area contributed by atoms with E-state index in [0.29, 0.717) is 36.4 Å². The molecule has 1 unspecified atom stereocenters. The molecule has 1 aliphatic rings. The van der Waals surface area contributed by atoms with Crippen molar-refractivity contribution in [1.82, 2.24) is 14.8 Å². The van der Waals surface area contributed by atoms with Crippen LogP contribution in [0.3, 0.4) is 0 Å². The van der Waals surface area contributed by atoms with Crippen LogP contribution in [-0.4, -0.2) is 60.6 Å². The van der Waals surface area contributed by atoms with Gasteiger partial charge < -0.3 is 23.5 Å². The normalized spacial score (nSPS) is 15.5. The molecule has 1 fully saturated rings. The van der Waals surface area contributed by atoms with Crippen molar-refractivity contribution in [2.75, 3.05) is 33.9 Å². The van der Waals surface area contributed by atoms with Gasteiger partial charge in [0, 0.05) is 37.8 Å². The van der Waals surface area contributed by atoms with E-state index in [4.69, 9.17) is 18.6 Å². The van der Waals surface area contributed by atoms with Gasteiger partial charge in [0.25, 0.3) is 5.91 Å². The molecule has 4 rings (SSSR count). The van der Waals surface area contributed by atoms with Gasteiger partial charge >= 0.3 is 12.1 Å². The molecule has 1 aromatic heterocycles. The lowest BCUT2D eigenvalue weighted by atomic mass is 9.98. The largest absolute Gasteiger partial charge is 0.497 e. The number of benzene rings is 2. The summed E-state index contributed by atoms with van der Waals surface area (Å²) in [5.41, 5.74) is 0.564. The standard InChI is InChI=1S/C30H34F3N3O6/c1-4-41-29(38)22-8-6-12-36(17-22)28(37)25-19-42-27(34-25)18-35(15-20-7-5-9-23(13-20)30(31,32)33)16-21-10-11-24(39-2)14-26(21)40-3/h5,7,9-11,13-14,19,22H,4,6,8,12,15-18H2,1-3H3. The minimum Gasteiger partial charge on any atom is -0.497 e. The Balaban J connectivity index is 1.54. The number of methoxy groups -OCH3 is 2. The second-order valence-corrected chi connectivity index (χ2v) is 9.99. The number of carbonyl (C=O) groups excluding carboxylic acids is 2. The zero-order valence-corrected chi connectivity index (χ0v) is 23.8. The highest BCUT2D eigenvalue weighted by Crippen LogP contribution is 2.31. The van der Waals surface area contributed by atoms with Crippen molar-refractivity contribution in [3.63, 3.8) is 0 Å². The molecule has 1 aliphatic heterocycles. The van der Waals surface area contributed by atoms with Crippen molar-refractivity contribution in [3.8, 4) is 11.5 Å². The third-order valence-corrected chi connectivity index (χ3v) is 7.01. The predicted octanol–water partition coefficient (Wildman–Crippen LogP) is 5.33. The second kappa shape index (κ2) is 13.7. The van der Waals surface area contributed by atoms with Gasteiger partial charge in [-0.15, -0.1) is 0 Å². The predicted molar refractivity (Wildman–Crippen MR) is 146 cm³/mol. The monoisotopic (exact) mass is 589 g/mol. The zero-order valence-electron chi connectivity index (χ0n) is 23.8. The SMILES string of the molecule is CCOC(=O)C1CCCN(C(=O)c2coc(CN(Cc3cccc(C(F)(F)F)c3)Cc3ccc(OC)cc3OC)n2)C1. The van der Waals surface area contributed by atoms with Gasteiger partial charge in [-0.3, -0.25) is 14.5 Å². The number of alkyl halides is 3. The summed E-state index contributed by atoms with van der Waals surface area (Å²) in [4.78, 5) is 33.2. The molecular formula is C30H34F3N3O6. The van der Waals surface area contributed by atoms with E-state index in [2.05, 4.69) is 4.98 Å². The number of oxazole rings is 1. The molecule has 3 aromatic rings. The van der Waals surface area contributed by atoms with Gasteiger partial charge in [0.05, 0.1) is 38.9 Å². The highest BCUT2D eigenvalue weighted by Gasteiger charge is 2.32. The van der Waals surface area contributed by atoms with E-state index in [1.54, 1.807) is 30.0 Å². The first-order valence-electron chi connectivity index (χ1n) is 13.6. The number of hydrogen-bond donors (Lipinski definition) is 0. The number of esters is 1. The van der Waals surface area contributed by atoms with Gasteiger partial charge in [-0.1, -0.05) is 24.3 Å². The van der Waals surface area contributed by atoms with Crippen molar-refractivity contribution in [3.05, 3.63) is 77.0 Å². The summed E-state index contributed by atoms with van der Waals surface area (Å²) in [7, 11) is 3.06. The molecule has 9 nitrogen and oxygen atoms in total. The fourth-order valence-electron chi connectivity index (χ4n) is 4.94. The van der Waals surface area contributed by atoms with Crippen LogP contribution in [0.25, 0.3) is 0 Å². The lowest BCUT2D eigenvalue weighted by Gasteiger charge is -2.30. The Morgan fingerprint density at radius 3 is 2.62 bits per heavy atom. The number of carbonyl (C=O) groups is 2. The fraction of sp³-hybridized carbons (Fsp3) is 0.433. The number of likely N-dealkylation sites (tertiary alicyclic amines) is 1. The lowest BCUT2D eigenvalue weighted by Crippen LogP contribution is -2.43. The molecule has 2 aromatic carbocycles. The number of ether oxygens (including phenoxy) is 3. The van der Waals surface area contributed by atoms with Crippen LogP contribution < -0.4 is 9.47 Å². The van der Waals surface area contributed by atoms with Crippen LogP contribution in [0.15, 0.2) is 53.1 Å². The number of aromatic nitrogens is 1. The molecule has 12 heteroatoms. The molecule has 1 amide bonds. The van der Waals surface area contributed by atoms with E-state index in [9.17, 15) is 22.8 Å². The maximum atomic E-state index is 13.4. The number of hydrogen-bond acceptors (Lipinski definition) is 8. The molecule has 1 saturated heterocycles. The minimum atomic E-state index is -4.47. The molecule has 0 radical (unpaired) electrons. The number of nitrogens with zero attached hydrogens (tertiary/aromatic N) is 3. The Labute approximate surface area is 242 Å². The van der Waals surface area contributed by atoms with Gasteiger partial charge in [0.15, 0.2) is 5.69 Å². The molecule has 226 valence electrons. The zero-order chi connectivity index (χ0) is 30.3. The van der Waals surface area contributed by atoms with Crippen molar-refractivity contribution < 1.29 is 41.4 Å². The number of rotatable bonds is 11. The summed E-state index contributed by atoms with van der Waals surface area (Å²) in [6.07, 6.45) is -1.90. The average molecular weight is 590 g/mol. The quantitative estimate of drug-likeness (QED) is 0.277. The molecule has 1 atom stereocenters. The highest BCUT2D eigenvalue weighted by molar-refractivity contribution is 5.92. The summed E-state index contributed by atoms with van der Waals surface area (Å²) < 4.78 is 61.7. The first-order chi connectivity index (χ1) is 20.1. The molecule has 0 spiro atoms.